The Morgan fingerprint density at radius 2 is 1.44 bits per heavy atom. The largest absolute Gasteiger partial charge is 0.298 e. The lowest BCUT2D eigenvalue weighted by atomic mass is 10.2. The molecule has 1 aliphatic rings. The fraction of sp³-hybridized carbons (Fsp3) is 0.571. The van der Waals surface area contributed by atoms with Crippen molar-refractivity contribution in [2.45, 2.75) is 12.8 Å². The summed E-state index contributed by atoms with van der Waals surface area (Å²) in [5.41, 5.74) is 2.84. The van der Waals surface area contributed by atoms with E-state index >= 15 is 0 Å². The third-order valence-electron chi connectivity index (χ3n) is 3.80. The molecule has 1 aliphatic heterocycles. The Morgan fingerprint density at radius 1 is 0.938 bits per heavy atom. The average Bonchev–Trinajstić information content (AvgIpc) is 2.66. The monoisotopic (exact) mass is 220 g/mol. The van der Waals surface area contributed by atoms with Crippen LogP contribution in [0.15, 0.2) is 24.3 Å². The molecule has 0 bridgehead atoms. The zero-order chi connectivity index (χ0) is 11.8. The highest BCUT2D eigenvalue weighted by Crippen LogP contribution is 2.29. The summed E-state index contributed by atoms with van der Waals surface area (Å²) in [7, 11) is 8.98. The number of likely N-dealkylation sites (tertiary alicyclic amines) is 1. The van der Waals surface area contributed by atoms with Crippen molar-refractivity contribution in [2.24, 2.45) is 0 Å². The number of nitrogens with zero attached hydrogens (tertiary/aromatic N) is 2. The molecule has 0 amide bonds. The molecule has 0 aromatic heterocycles. The van der Waals surface area contributed by atoms with Crippen LogP contribution in [0.1, 0.15) is 12.8 Å². The molecule has 1 aromatic rings. The molecule has 1 aromatic carbocycles. The van der Waals surface area contributed by atoms with Crippen LogP contribution < -0.4 is 8.97 Å². The average molecular weight is 220 g/mol. The Labute approximate surface area is 99.3 Å². The third-order valence-corrected chi connectivity index (χ3v) is 3.80. The molecule has 1 saturated heterocycles. The zero-order valence-corrected chi connectivity index (χ0v) is 11.0. The molecule has 16 heavy (non-hydrogen) atoms. The van der Waals surface area contributed by atoms with E-state index in [9.17, 15) is 0 Å². The summed E-state index contributed by atoms with van der Waals surface area (Å²) >= 11 is 0. The van der Waals surface area contributed by atoms with Gasteiger partial charge in [-0.25, -0.2) is 0 Å². The Kier molecular flexibility index (Phi) is 2.81. The van der Waals surface area contributed by atoms with Gasteiger partial charge in [0, 0.05) is 37.1 Å². The smallest absolute Gasteiger partial charge is 0.133 e. The van der Waals surface area contributed by atoms with Crippen LogP contribution in [0.3, 0.4) is 0 Å². The molecule has 0 atom stereocenters. The van der Waals surface area contributed by atoms with Gasteiger partial charge in [0.15, 0.2) is 0 Å². The molecule has 0 spiro atoms. The van der Waals surface area contributed by atoms with E-state index in [1.807, 2.05) is 0 Å². The van der Waals surface area contributed by atoms with Crippen LogP contribution in [-0.4, -0.2) is 41.3 Å². The highest BCUT2D eigenvalue weighted by atomic mass is 15.3. The summed E-state index contributed by atoms with van der Waals surface area (Å²) in [4.78, 5) is 0. The molecule has 2 heteroatoms. The summed E-state index contributed by atoms with van der Waals surface area (Å²) in [6.45, 7) is 2.59. The van der Waals surface area contributed by atoms with Gasteiger partial charge in [-0.05, 0) is 0 Å². The van der Waals surface area contributed by atoms with Crippen molar-refractivity contribution in [2.75, 3.05) is 41.3 Å². The summed E-state index contributed by atoms with van der Waals surface area (Å²) in [6, 6.07) is 9.17. The van der Waals surface area contributed by atoms with Crippen LogP contribution in [0.4, 0.5) is 11.4 Å². The molecule has 2 rings (SSSR count). The predicted octanol–water partition coefficient (Wildman–Crippen LogP) is 2.61. The zero-order valence-electron chi connectivity index (χ0n) is 11.0. The van der Waals surface area contributed by atoms with Crippen molar-refractivity contribution in [3.63, 3.8) is 0 Å². The van der Waals surface area contributed by atoms with Gasteiger partial charge in [0.2, 0.25) is 0 Å². The summed E-state index contributed by atoms with van der Waals surface area (Å²) in [5.74, 6) is 0. The molecule has 0 N–H and O–H groups in total. The number of quaternary nitrogens is 2. The minimum atomic E-state index is 0.893. The van der Waals surface area contributed by atoms with Gasteiger partial charge in [0.1, 0.15) is 11.4 Å². The second-order valence-electron chi connectivity index (χ2n) is 6.08. The van der Waals surface area contributed by atoms with Gasteiger partial charge in [0.05, 0.1) is 41.3 Å². The first-order valence-electron chi connectivity index (χ1n) is 6.19. The van der Waals surface area contributed by atoms with Crippen LogP contribution >= 0.6 is 0 Å². The lowest BCUT2D eigenvalue weighted by Crippen LogP contribution is -2.41. The maximum atomic E-state index is 2.36. The maximum absolute atomic E-state index is 2.36. The SMILES string of the molecule is C[N+](C)(C)c1ccc([N+]2(C)CCCC2)cc1. The van der Waals surface area contributed by atoms with Crippen molar-refractivity contribution >= 4 is 11.4 Å². The number of rotatable bonds is 2. The minimum absolute atomic E-state index is 0.893. The van der Waals surface area contributed by atoms with E-state index in [4.69, 9.17) is 0 Å². The second kappa shape index (κ2) is 3.86. The quantitative estimate of drug-likeness (QED) is 0.672. The van der Waals surface area contributed by atoms with E-state index in [0.29, 0.717) is 0 Å². The number of benzene rings is 1. The molecule has 0 aliphatic carbocycles. The van der Waals surface area contributed by atoms with Gasteiger partial charge in [-0.1, -0.05) is 0 Å². The van der Waals surface area contributed by atoms with E-state index in [0.717, 1.165) is 8.97 Å². The molecular weight excluding hydrogens is 196 g/mol. The van der Waals surface area contributed by atoms with Crippen molar-refractivity contribution in [1.29, 1.82) is 0 Å². The van der Waals surface area contributed by atoms with Crippen LogP contribution in [0, 0.1) is 0 Å². The first-order valence-corrected chi connectivity index (χ1v) is 6.19. The summed E-state index contributed by atoms with van der Waals surface area (Å²) in [6.07, 6.45) is 2.74. The normalized spacial score (nSPS) is 20.0. The van der Waals surface area contributed by atoms with Gasteiger partial charge in [-0.15, -0.1) is 0 Å². The lowest BCUT2D eigenvalue weighted by molar-refractivity contribution is 0.405. The highest BCUT2D eigenvalue weighted by molar-refractivity contribution is 5.52. The van der Waals surface area contributed by atoms with Gasteiger partial charge < -0.3 is 0 Å². The Morgan fingerprint density at radius 3 is 1.88 bits per heavy atom. The number of hydrogen-bond acceptors (Lipinski definition) is 0. The van der Waals surface area contributed by atoms with E-state index < -0.39 is 0 Å². The van der Waals surface area contributed by atoms with E-state index in [-0.39, 0.29) is 0 Å². The Hall–Kier alpha value is -0.860. The van der Waals surface area contributed by atoms with Gasteiger partial charge >= 0.3 is 0 Å². The van der Waals surface area contributed by atoms with E-state index in [2.05, 4.69) is 52.5 Å². The highest BCUT2D eigenvalue weighted by Gasteiger charge is 2.29. The fourth-order valence-corrected chi connectivity index (χ4v) is 2.55. The lowest BCUT2D eigenvalue weighted by Gasteiger charge is -2.29. The minimum Gasteiger partial charge on any atom is -0.298 e. The third kappa shape index (κ3) is 2.13. The Bertz CT molecular complexity index is 353. The van der Waals surface area contributed by atoms with Crippen molar-refractivity contribution in [3.05, 3.63) is 24.3 Å². The molecular formula is C14H24N2+2. The summed E-state index contributed by atoms with van der Waals surface area (Å²) < 4.78 is 2.02. The summed E-state index contributed by atoms with van der Waals surface area (Å²) in [5, 5.41) is 0. The molecule has 1 fully saturated rings. The molecule has 0 unspecified atom stereocenters. The van der Waals surface area contributed by atoms with Crippen molar-refractivity contribution in [1.82, 2.24) is 8.97 Å². The molecule has 1 heterocycles. The van der Waals surface area contributed by atoms with E-state index in [1.54, 1.807) is 0 Å². The fourth-order valence-electron chi connectivity index (χ4n) is 2.55. The van der Waals surface area contributed by atoms with Crippen LogP contribution in [-0.2, 0) is 0 Å². The maximum Gasteiger partial charge on any atom is 0.133 e. The second-order valence-corrected chi connectivity index (χ2v) is 6.08. The standard InChI is InChI=1S/C14H24N2/c1-15(2,3)13-7-9-14(10-8-13)16(4)11-5-6-12-16/h7-10H,5-6,11-12H2,1-4H3/q+2. The van der Waals surface area contributed by atoms with Gasteiger partial charge in [-0.2, -0.15) is 0 Å². The van der Waals surface area contributed by atoms with Crippen LogP contribution in [0.5, 0.6) is 0 Å². The first kappa shape index (κ1) is 11.6. The van der Waals surface area contributed by atoms with Gasteiger partial charge in [-0.3, -0.25) is 8.97 Å². The first-order chi connectivity index (χ1) is 7.42. The van der Waals surface area contributed by atoms with E-state index in [1.165, 1.54) is 37.3 Å². The van der Waals surface area contributed by atoms with Crippen molar-refractivity contribution in [3.8, 4) is 0 Å². The molecule has 88 valence electrons. The number of hydrogen-bond donors (Lipinski definition) is 0. The van der Waals surface area contributed by atoms with Crippen LogP contribution in [0.2, 0.25) is 0 Å². The van der Waals surface area contributed by atoms with Crippen molar-refractivity contribution < 1.29 is 0 Å². The molecule has 0 radical (unpaired) electrons. The topological polar surface area (TPSA) is 0 Å². The van der Waals surface area contributed by atoms with Gasteiger partial charge in [0.25, 0.3) is 0 Å². The predicted molar refractivity (Wildman–Crippen MR) is 72.7 cm³/mol. The molecule has 2 nitrogen and oxygen atoms in total. The van der Waals surface area contributed by atoms with Crippen LogP contribution in [0.25, 0.3) is 0 Å². The Balaban J connectivity index is 2.26. The molecule has 0 saturated carbocycles.